The number of carbonyl (C=O) groups excluding carboxylic acids is 1. The molecule has 0 aliphatic carbocycles. The van der Waals surface area contributed by atoms with Gasteiger partial charge in [-0.3, -0.25) is 4.79 Å². The van der Waals surface area contributed by atoms with Crippen molar-refractivity contribution < 1.29 is 32.5 Å². The predicted octanol–water partition coefficient (Wildman–Crippen LogP) is 3.30. The van der Waals surface area contributed by atoms with Crippen molar-refractivity contribution >= 4 is 5.91 Å². The Bertz CT molecular complexity index is 812. The largest absolute Gasteiger partial charge is 0.493 e. The molecule has 1 heterocycles. The van der Waals surface area contributed by atoms with Crippen LogP contribution in [-0.4, -0.2) is 38.4 Å². The maximum absolute atomic E-state index is 12.6. The smallest absolute Gasteiger partial charge is 0.387 e. The number of amides is 1. The van der Waals surface area contributed by atoms with Crippen LogP contribution in [0.5, 0.6) is 23.0 Å². The molecule has 1 aliphatic heterocycles. The van der Waals surface area contributed by atoms with E-state index in [4.69, 9.17) is 14.2 Å². The highest BCUT2D eigenvalue weighted by Crippen LogP contribution is 2.33. The fourth-order valence-electron chi connectivity index (χ4n) is 2.60. The summed E-state index contributed by atoms with van der Waals surface area (Å²) in [6, 6.07) is 9.55. The zero-order valence-corrected chi connectivity index (χ0v) is 14.2. The van der Waals surface area contributed by atoms with Crippen LogP contribution in [0.3, 0.4) is 0 Å². The number of methoxy groups -OCH3 is 1. The van der Waals surface area contributed by atoms with Crippen LogP contribution < -0.4 is 18.9 Å². The zero-order valence-electron chi connectivity index (χ0n) is 14.2. The number of nitrogens with zero attached hydrogens (tertiary/aromatic N) is 1. The number of fused-ring (bicyclic) bond motifs is 1. The Balaban J connectivity index is 1.75. The van der Waals surface area contributed by atoms with Gasteiger partial charge in [-0.2, -0.15) is 8.78 Å². The Kier molecular flexibility index (Phi) is 5.11. The second-order valence-electron chi connectivity index (χ2n) is 5.59. The average Bonchev–Trinajstić information content (AvgIpc) is 3.08. The molecule has 1 amide bonds. The highest BCUT2D eigenvalue weighted by Gasteiger charge is 2.19. The first kappa shape index (κ1) is 17.8. The van der Waals surface area contributed by atoms with Gasteiger partial charge in [0.15, 0.2) is 23.0 Å². The van der Waals surface area contributed by atoms with Gasteiger partial charge in [-0.05, 0) is 35.9 Å². The summed E-state index contributed by atoms with van der Waals surface area (Å²) < 4.78 is 45.0. The number of alkyl halides is 2. The van der Waals surface area contributed by atoms with Crippen molar-refractivity contribution in [3.8, 4) is 23.0 Å². The minimum Gasteiger partial charge on any atom is -0.493 e. The monoisotopic (exact) mass is 365 g/mol. The number of benzene rings is 2. The summed E-state index contributed by atoms with van der Waals surface area (Å²) in [5.74, 6) is 0.877. The summed E-state index contributed by atoms with van der Waals surface area (Å²) in [5.41, 5.74) is 1.06. The first-order valence-electron chi connectivity index (χ1n) is 7.75. The van der Waals surface area contributed by atoms with Gasteiger partial charge in [0.25, 0.3) is 5.91 Å². The highest BCUT2D eigenvalue weighted by atomic mass is 19.3. The number of rotatable bonds is 6. The lowest BCUT2D eigenvalue weighted by Gasteiger charge is -2.18. The van der Waals surface area contributed by atoms with E-state index in [0.717, 1.165) is 5.56 Å². The van der Waals surface area contributed by atoms with Crippen molar-refractivity contribution in [1.29, 1.82) is 0 Å². The highest BCUT2D eigenvalue weighted by molar-refractivity contribution is 5.94. The number of ether oxygens (including phenoxy) is 4. The van der Waals surface area contributed by atoms with Gasteiger partial charge in [0.05, 0.1) is 7.11 Å². The second kappa shape index (κ2) is 7.47. The van der Waals surface area contributed by atoms with E-state index in [1.807, 2.05) is 6.07 Å². The van der Waals surface area contributed by atoms with Crippen LogP contribution in [0.4, 0.5) is 8.78 Å². The molecule has 0 saturated heterocycles. The third-order valence-corrected chi connectivity index (χ3v) is 3.83. The maximum Gasteiger partial charge on any atom is 0.387 e. The molecular formula is C18H17F2NO5. The van der Waals surface area contributed by atoms with E-state index in [2.05, 4.69) is 4.74 Å². The topological polar surface area (TPSA) is 57.2 Å². The van der Waals surface area contributed by atoms with Gasteiger partial charge in [0, 0.05) is 19.2 Å². The molecule has 0 saturated carbocycles. The van der Waals surface area contributed by atoms with E-state index >= 15 is 0 Å². The SMILES string of the molecule is COc1ccc(C(=O)N(C)Cc2ccc3c(c2)OCO3)cc1OC(F)F. The summed E-state index contributed by atoms with van der Waals surface area (Å²) in [4.78, 5) is 14.1. The van der Waals surface area contributed by atoms with Gasteiger partial charge in [0.2, 0.25) is 6.79 Å². The Morgan fingerprint density at radius 3 is 2.65 bits per heavy atom. The summed E-state index contributed by atoms with van der Waals surface area (Å²) >= 11 is 0. The third kappa shape index (κ3) is 3.79. The van der Waals surface area contributed by atoms with Gasteiger partial charge in [-0.25, -0.2) is 0 Å². The summed E-state index contributed by atoms with van der Waals surface area (Å²) in [7, 11) is 2.95. The molecule has 0 aromatic heterocycles. The molecule has 0 radical (unpaired) electrons. The quantitative estimate of drug-likeness (QED) is 0.786. The van der Waals surface area contributed by atoms with E-state index in [0.29, 0.717) is 18.0 Å². The molecule has 8 heteroatoms. The van der Waals surface area contributed by atoms with Crippen molar-refractivity contribution in [2.75, 3.05) is 21.0 Å². The van der Waals surface area contributed by atoms with Crippen molar-refractivity contribution in [1.82, 2.24) is 4.90 Å². The molecule has 2 aromatic rings. The van der Waals surface area contributed by atoms with Crippen LogP contribution in [0.1, 0.15) is 15.9 Å². The minimum absolute atomic E-state index is 0.125. The van der Waals surface area contributed by atoms with Crippen LogP contribution in [0, 0.1) is 0 Å². The lowest BCUT2D eigenvalue weighted by molar-refractivity contribution is -0.0512. The normalized spacial score (nSPS) is 12.2. The van der Waals surface area contributed by atoms with E-state index in [1.165, 1.54) is 30.2 Å². The van der Waals surface area contributed by atoms with Gasteiger partial charge in [-0.15, -0.1) is 0 Å². The van der Waals surface area contributed by atoms with Crippen LogP contribution in [-0.2, 0) is 6.54 Å². The van der Waals surface area contributed by atoms with Crippen LogP contribution in [0.2, 0.25) is 0 Å². The number of hydrogen-bond acceptors (Lipinski definition) is 5. The Labute approximate surface area is 148 Å². The van der Waals surface area contributed by atoms with Gasteiger partial charge in [0.1, 0.15) is 0 Å². The molecule has 2 aromatic carbocycles. The van der Waals surface area contributed by atoms with Gasteiger partial charge < -0.3 is 23.8 Å². The minimum atomic E-state index is -3.01. The van der Waals surface area contributed by atoms with Crippen LogP contribution in [0.25, 0.3) is 0 Å². The first-order valence-corrected chi connectivity index (χ1v) is 7.75. The Morgan fingerprint density at radius 2 is 1.92 bits per heavy atom. The predicted molar refractivity (Wildman–Crippen MR) is 88.0 cm³/mol. The molecule has 6 nitrogen and oxygen atoms in total. The van der Waals surface area contributed by atoms with Crippen molar-refractivity contribution in [3.63, 3.8) is 0 Å². The molecule has 0 unspecified atom stereocenters. The number of hydrogen-bond donors (Lipinski definition) is 0. The molecule has 138 valence electrons. The van der Waals surface area contributed by atoms with Crippen molar-refractivity contribution in [3.05, 3.63) is 47.5 Å². The summed E-state index contributed by atoms with van der Waals surface area (Å²) in [5, 5.41) is 0. The third-order valence-electron chi connectivity index (χ3n) is 3.83. The molecule has 0 fully saturated rings. The summed E-state index contributed by atoms with van der Waals surface area (Å²) in [6.45, 7) is -2.53. The molecule has 0 spiro atoms. The molecule has 0 N–H and O–H groups in total. The Morgan fingerprint density at radius 1 is 1.15 bits per heavy atom. The fraction of sp³-hybridized carbons (Fsp3) is 0.278. The van der Waals surface area contributed by atoms with Crippen molar-refractivity contribution in [2.45, 2.75) is 13.2 Å². The molecule has 0 atom stereocenters. The number of halogens is 2. The van der Waals surface area contributed by atoms with E-state index in [9.17, 15) is 13.6 Å². The van der Waals surface area contributed by atoms with Crippen molar-refractivity contribution in [2.24, 2.45) is 0 Å². The van der Waals surface area contributed by atoms with Gasteiger partial charge >= 0.3 is 6.61 Å². The maximum atomic E-state index is 12.6. The summed E-state index contributed by atoms with van der Waals surface area (Å²) in [6.07, 6.45) is 0. The number of carbonyl (C=O) groups is 1. The molecule has 3 rings (SSSR count). The molecule has 1 aliphatic rings. The zero-order chi connectivity index (χ0) is 18.7. The molecule has 0 bridgehead atoms. The standard InChI is InChI=1S/C18H17F2NO5/c1-21(9-11-3-5-14-15(7-11)25-10-24-14)17(22)12-4-6-13(23-2)16(8-12)26-18(19)20/h3-8,18H,9-10H2,1-2H3. The average molecular weight is 365 g/mol. The molecular weight excluding hydrogens is 348 g/mol. The second-order valence-corrected chi connectivity index (χ2v) is 5.59. The fourth-order valence-corrected chi connectivity index (χ4v) is 2.60. The van der Waals surface area contributed by atoms with Crippen LogP contribution in [0.15, 0.2) is 36.4 Å². The van der Waals surface area contributed by atoms with E-state index in [-0.39, 0.29) is 29.8 Å². The Hall–Kier alpha value is -3.03. The van der Waals surface area contributed by atoms with E-state index in [1.54, 1.807) is 19.2 Å². The van der Waals surface area contributed by atoms with E-state index < -0.39 is 6.61 Å². The van der Waals surface area contributed by atoms with Gasteiger partial charge in [-0.1, -0.05) is 6.07 Å². The molecule has 26 heavy (non-hydrogen) atoms. The lowest BCUT2D eigenvalue weighted by atomic mass is 10.1. The lowest BCUT2D eigenvalue weighted by Crippen LogP contribution is -2.26. The first-order chi connectivity index (χ1) is 12.5. The van der Waals surface area contributed by atoms with Crippen LogP contribution >= 0.6 is 0 Å².